The van der Waals surface area contributed by atoms with Gasteiger partial charge in [0.05, 0.1) is 4.92 Å². The zero-order chi connectivity index (χ0) is 11.4. The zero-order valence-corrected chi connectivity index (χ0v) is 8.40. The van der Waals surface area contributed by atoms with Gasteiger partial charge in [0.25, 0.3) is 0 Å². The Bertz CT molecular complexity index is 262. The highest BCUT2D eigenvalue weighted by Gasteiger charge is 2.39. The van der Waals surface area contributed by atoms with Crippen LogP contribution in [0.4, 0.5) is 0 Å². The van der Waals surface area contributed by atoms with Crippen molar-refractivity contribution in [2.45, 2.75) is 19.6 Å². The topological polar surface area (TPSA) is 78.7 Å². The summed E-state index contributed by atoms with van der Waals surface area (Å²) < 4.78 is 9.24. The molecular formula is C8H13NO5. The van der Waals surface area contributed by atoms with E-state index in [1.807, 2.05) is 0 Å². The fourth-order valence-electron chi connectivity index (χ4n) is 0.509. The van der Waals surface area contributed by atoms with Crippen molar-refractivity contribution in [3.8, 4) is 0 Å². The third kappa shape index (κ3) is 3.14. The van der Waals surface area contributed by atoms with Crippen molar-refractivity contribution in [3.05, 3.63) is 22.3 Å². The smallest absolute Gasteiger partial charge is 0.355 e. The molecule has 6 nitrogen and oxygen atoms in total. The van der Waals surface area contributed by atoms with Gasteiger partial charge in [-0.25, -0.2) is 4.79 Å². The monoisotopic (exact) mass is 203 g/mol. The quantitative estimate of drug-likeness (QED) is 0.216. The number of rotatable bonds is 5. The summed E-state index contributed by atoms with van der Waals surface area (Å²) in [7, 11) is 1.18. The Morgan fingerprint density at radius 2 is 2.14 bits per heavy atom. The average molecular weight is 203 g/mol. The molecule has 1 unspecified atom stereocenters. The van der Waals surface area contributed by atoms with Crippen LogP contribution >= 0.6 is 0 Å². The number of carbonyl (C=O) groups is 1. The van der Waals surface area contributed by atoms with Gasteiger partial charge in [0.1, 0.15) is 0 Å². The minimum atomic E-state index is -1.70. The van der Waals surface area contributed by atoms with Crippen molar-refractivity contribution in [3.63, 3.8) is 0 Å². The summed E-state index contributed by atoms with van der Waals surface area (Å²) in [4.78, 5) is 20.8. The fraction of sp³-hybridized carbons (Fsp3) is 0.625. The van der Waals surface area contributed by atoms with E-state index in [1.54, 1.807) is 0 Å². The zero-order valence-electron chi connectivity index (χ0n) is 8.40. The molecule has 0 aliphatic rings. The molecule has 0 fully saturated rings. The Balaban J connectivity index is 4.29. The highest BCUT2D eigenvalue weighted by atomic mass is 16.7. The maximum atomic E-state index is 10.9. The lowest BCUT2D eigenvalue weighted by molar-refractivity contribution is -0.624. The molecule has 0 aromatic carbocycles. The van der Waals surface area contributed by atoms with Crippen LogP contribution < -0.4 is 0 Å². The minimum Gasteiger partial charge on any atom is -0.452 e. The second-order valence-corrected chi connectivity index (χ2v) is 2.99. The molecule has 0 saturated carbocycles. The maximum absolute atomic E-state index is 10.9. The molecule has 0 aliphatic carbocycles. The van der Waals surface area contributed by atoms with Crippen molar-refractivity contribution in [1.29, 1.82) is 0 Å². The molecule has 14 heavy (non-hydrogen) atoms. The molecule has 0 spiro atoms. The second-order valence-electron chi connectivity index (χ2n) is 2.99. The number of hydrogen-bond acceptors (Lipinski definition) is 5. The van der Waals surface area contributed by atoms with Crippen molar-refractivity contribution in [2.24, 2.45) is 0 Å². The SMILES string of the molecule is C=C(C)C(=O)OCC(C)(OC)[N+](=O)[O-]. The van der Waals surface area contributed by atoms with Crippen LogP contribution in [0, 0.1) is 10.1 Å². The summed E-state index contributed by atoms with van der Waals surface area (Å²) in [6, 6.07) is 0. The van der Waals surface area contributed by atoms with E-state index in [0.29, 0.717) is 0 Å². The van der Waals surface area contributed by atoms with Gasteiger partial charge < -0.3 is 9.47 Å². The van der Waals surface area contributed by atoms with Gasteiger partial charge >= 0.3 is 11.7 Å². The van der Waals surface area contributed by atoms with Gasteiger partial charge in [0.15, 0.2) is 6.61 Å². The van der Waals surface area contributed by atoms with Crippen LogP contribution in [0.5, 0.6) is 0 Å². The molecule has 0 bridgehead atoms. The highest BCUT2D eigenvalue weighted by Crippen LogP contribution is 2.11. The average Bonchev–Trinajstić information content (AvgIpc) is 2.12. The number of hydrogen-bond donors (Lipinski definition) is 0. The predicted octanol–water partition coefficient (Wildman–Crippen LogP) is 0.745. The van der Waals surface area contributed by atoms with E-state index >= 15 is 0 Å². The van der Waals surface area contributed by atoms with Crippen LogP contribution in [-0.2, 0) is 14.3 Å². The molecule has 0 aliphatic heterocycles. The molecule has 6 heteroatoms. The lowest BCUT2D eigenvalue weighted by Crippen LogP contribution is -2.42. The third-order valence-electron chi connectivity index (χ3n) is 1.65. The number of nitrogens with zero attached hydrogens (tertiary/aromatic N) is 1. The van der Waals surface area contributed by atoms with E-state index in [2.05, 4.69) is 16.1 Å². The highest BCUT2D eigenvalue weighted by molar-refractivity contribution is 5.86. The summed E-state index contributed by atoms with van der Waals surface area (Å²) in [5, 5.41) is 10.5. The first-order valence-electron chi connectivity index (χ1n) is 3.86. The van der Waals surface area contributed by atoms with E-state index in [0.717, 1.165) is 0 Å². The van der Waals surface area contributed by atoms with Crippen molar-refractivity contribution < 1.29 is 19.2 Å². The van der Waals surface area contributed by atoms with Crippen LogP contribution in [0.3, 0.4) is 0 Å². The van der Waals surface area contributed by atoms with Crippen LogP contribution in [0.1, 0.15) is 13.8 Å². The number of ether oxygens (including phenoxy) is 2. The molecule has 0 radical (unpaired) electrons. The molecular weight excluding hydrogens is 190 g/mol. The number of esters is 1. The van der Waals surface area contributed by atoms with Gasteiger partial charge in [-0.05, 0) is 6.92 Å². The predicted molar refractivity (Wildman–Crippen MR) is 48.2 cm³/mol. The molecule has 1 atom stereocenters. The van der Waals surface area contributed by atoms with Crippen LogP contribution in [-0.4, -0.2) is 30.3 Å². The Morgan fingerprint density at radius 1 is 1.64 bits per heavy atom. The van der Waals surface area contributed by atoms with E-state index in [9.17, 15) is 14.9 Å². The molecule has 0 amide bonds. The van der Waals surface area contributed by atoms with Gasteiger partial charge in [-0.15, -0.1) is 0 Å². The largest absolute Gasteiger partial charge is 0.452 e. The van der Waals surface area contributed by atoms with Crippen molar-refractivity contribution in [1.82, 2.24) is 0 Å². The van der Waals surface area contributed by atoms with E-state index in [1.165, 1.54) is 21.0 Å². The fourth-order valence-corrected chi connectivity index (χ4v) is 0.509. The van der Waals surface area contributed by atoms with Crippen LogP contribution in [0.2, 0.25) is 0 Å². The Labute approximate surface area is 81.6 Å². The molecule has 0 N–H and O–H groups in total. The summed E-state index contributed by atoms with van der Waals surface area (Å²) in [6.45, 7) is 5.58. The van der Waals surface area contributed by atoms with Gasteiger partial charge in [0.2, 0.25) is 0 Å². The summed E-state index contributed by atoms with van der Waals surface area (Å²) in [5.41, 5.74) is -1.52. The molecule has 0 aromatic rings. The lowest BCUT2D eigenvalue weighted by Gasteiger charge is -2.18. The first-order chi connectivity index (χ1) is 6.33. The van der Waals surface area contributed by atoms with Crippen LogP contribution in [0.15, 0.2) is 12.2 Å². The summed E-state index contributed by atoms with van der Waals surface area (Å²) in [6.07, 6.45) is 0. The summed E-state index contributed by atoms with van der Waals surface area (Å²) >= 11 is 0. The second kappa shape index (κ2) is 4.71. The Morgan fingerprint density at radius 3 is 2.43 bits per heavy atom. The van der Waals surface area contributed by atoms with Gasteiger partial charge in [-0.2, -0.15) is 0 Å². The molecule has 0 saturated heterocycles. The van der Waals surface area contributed by atoms with Gasteiger partial charge in [-0.3, -0.25) is 10.1 Å². The van der Waals surface area contributed by atoms with Crippen molar-refractivity contribution >= 4 is 5.97 Å². The van der Waals surface area contributed by atoms with Gasteiger partial charge in [0, 0.05) is 19.6 Å². The molecule has 0 rings (SSSR count). The van der Waals surface area contributed by atoms with E-state index < -0.39 is 23.2 Å². The Kier molecular flexibility index (Phi) is 4.23. The Hall–Kier alpha value is -1.43. The lowest BCUT2D eigenvalue weighted by atomic mass is 10.3. The first-order valence-corrected chi connectivity index (χ1v) is 3.86. The summed E-state index contributed by atoms with van der Waals surface area (Å²) in [5.74, 6) is -0.671. The van der Waals surface area contributed by atoms with E-state index in [4.69, 9.17) is 0 Å². The number of carbonyl (C=O) groups excluding carboxylic acids is 1. The van der Waals surface area contributed by atoms with Crippen LogP contribution in [0.25, 0.3) is 0 Å². The first kappa shape index (κ1) is 12.6. The van der Waals surface area contributed by atoms with Gasteiger partial charge in [-0.1, -0.05) is 6.58 Å². The standard InChI is InChI=1S/C8H13NO5/c1-6(2)7(10)14-5-8(3,13-4)9(11)12/h1,5H2,2-4H3. The normalized spacial score (nSPS) is 14.2. The van der Waals surface area contributed by atoms with Crippen molar-refractivity contribution in [2.75, 3.05) is 13.7 Å². The molecule has 80 valence electrons. The molecule has 0 aromatic heterocycles. The number of nitro groups is 1. The maximum Gasteiger partial charge on any atom is 0.355 e. The van der Waals surface area contributed by atoms with E-state index in [-0.39, 0.29) is 5.57 Å². The number of methoxy groups -OCH3 is 1. The molecule has 0 heterocycles. The minimum absolute atomic E-state index is 0.187. The third-order valence-corrected chi connectivity index (χ3v) is 1.65.